The van der Waals surface area contributed by atoms with Crippen LogP contribution in [0.15, 0.2) is 29.8 Å². The fourth-order valence-corrected chi connectivity index (χ4v) is 3.48. The maximum Gasteiger partial charge on any atom is 0.124 e. The van der Waals surface area contributed by atoms with Gasteiger partial charge in [0.2, 0.25) is 0 Å². The Morgan fingerprint density at radius 3 is 2.95 bits per heavy atom. The molecular weight excluding hydrogens is 402 g/mol. The van der Waals surface area contributed by atoms with E-state index < -0.39 is 0 Å². The second-order valence-corrected chi connectivity index (χ2v) is 6.35. The van der Waals surface area contributed by atoms with Crippen LogP contribution in [0.2, 0.25) is 0 Å². The van der Waals surface area contributed by atoms with Crippen LogP contribution in [0.1, 0.15) is 18.2 Å². The van der Waals surface area contributed by atoms with Crippen molar-refractivity contribution >= 4 is 34.1 Å². The Kier molecular flexibility index (Phi) is 4.29. The molecule has 0 amide bonds. The summed E-state index contributed by atoms with van der Waals surface area (Å²) in [5.41, 5.74) is 3.86. The Morgan fingerprint density at radius 1 is 1.38 bits per heavy atom. The van der Waals surface area contributed by atoms with Crippen molar-refractivity contribution in [2.75, 3.05) is 0 Å². The molecule has 0 radical (unpaired) electrons. The maximum absolute atomic E-state index is 13.2. The van der Waals surface area contributed by atoms with E-state index in [0.717, 1.165) is 32.6 Å². The summed E-state index contributed by atoms with van der Waals surface area (Å²) < 4.78 is 20.4. The summed E-state index contributed by atoms with van der Waals surface area (Å²) in [4.78, 5) is 0. The molecule has 0 unspecified atom stereocenters. The van der Waals surface area contributed by atoms with Crippen LogP contribution in [0.25, 0.3) is 11.3 Å². The first-order valence-corrected chi connectivity index (χ1v) is 8.36. The molecule has 0 fully saturated rings. The number of hydrogen-bond donors (Lipinski definition) is 0. The first-order valence-electron chi connectivity index (χ1n) is 6.45. The van der Waals surface area contributed by atoms with Crippen LogP contribution in [0, 0.1) is 9.39 Å². The zero-order valence-electron chi connectivity index (χ0n) is 11.3. The van der Waals surface area contributed by atoms with Gasteiger partial charge in [-0.2, -0.15) is 4.37 Å². The molecule has 0 N–H and O–H groups in total. The van der Waals surface area contributed by atoms with Gasteiger partial charge in [0, 0.05) is 33.7 Å². The number of halogens is 2. The third kappa shape index (κ3) is 3.13. The average Bonchev–Trinajstić information content (AvgIpc) is 3.09. The molecule has 0 saturated carbocycles. The molecule has 1 aromatic carbocycles. The van der Waals surface area contributed by atoms with E-state index in [1.165, 1.54) is 23.7 Å². The molecule has 3 aromatic rings. The normalized spacial score (nSPS) is 11.0. The minimum atomic E-state index is -0.231. The number of rotatable bonds is 4. The van der Waals surface area contributed by atoms with Crippen molar-refractivity contribution in [3.05, 3.63) is 50.4 Å². The maximum atomic E-state index is 13.2. The Hall–Kier alpha value is -1.35. The smallest absolute Gasteiger partial charge is 0.124 e. The van der Waals surface area contributed by atoms with Gasteiger partial charge in [-0.05, 0) is 64.8 Å². The van der Waals surface area contributed by atoms with Gasteiger partial charge >= 0.3 is 0 Å². The highest BCUT2D eigenvalue weighted by Crippen LogP contribution is 2.30. The van der Waals surface area contributed by atoms with Crippen LogP contribution >= 0.6 is 34.1 Å². The minimum absolute atomic E-state index is 0.231. The van der Waals surface area contributed by atoms with Gasteiger partial charge in [-0.1, -0.05) is 5.21 Å². The largest absolute Gasteiger partial charge is 0.253 e. The molecular formula is C14H12FIN4S. The molecule has 0 bridgehead atoms. The Morgan fingerprint density at radius 2 is 2.24 bits per heavy atom. The van der Waals surface area contributed by atoms with Gasteiger partial charge in [-0.3, -0.25) is 4.68 Å². The van der Waals surface area contributed by atoms with Gasteiger partial charge in [0.1, 0.15) is 5.82 Å². The Balaban J connectivity index is 1.93. The summed E-state index contributed by atoms with van der Waals surface area (Å²) in [5.74, 6) is -0.231. The lowest BCUT2D eigenvalue weighted by Gasteiger charge is -2.04. The molecule has 0 atom stereocenters. The van der Waals surface area contributed by atoms with E-state index in [1.54, 1.807) is 10.7 Å². The van der Waals surface area contributed by atoms with Crippen molar-refractivity contribution in [2.45, 2.75) is 19.9 Å². The van der Waals surface area contributed by atoms with Gasteiger partial charge in [-0.25, -0.2) is 4.39 Å². The van der Waals surface area contributed by atoms with Crippen molar-refractivity contribution < 1.29 is 4.39 Å². The van der Waals surface area contributed by atoms with E-state index in [2.05, 4.69) is 37.3 Å². The van der Waals surface area contributed by atoms with E-state index in [1.807, 2.05) is 18.5 Å². The second-order valence-electron chi connectivity index (χ2n) is 4.55. The molecule has 0 aliphatic heterocycles. The first kappa shape index (κ1) is 14.6. The molecule has 0 aliphatic carbocycles. The van der Waals surface area contributed by atoms with E-state index in [9.17, 15) is 4.39 Å². The molecule has 108 valence electrons. The number of aryl methyl sites for hydroxylation is 1. The topological polar surface area (TPSA) is 43.6 Å². The lowest BCUT2D eigenvalue weighted by molar-refractivity contribution is 0.626. The molecule has 21 heavy (non-hydrogen) atoms. The SMILES string of the molecule is CCn1cc(Cc2csnc2-c2ccc(F)cc2I)nn1. The Bertz CT molecular complexity index is 768. The molecule has 4 nitrogen and oxygen atoms in total. The lowest BCUT2D eigenvalue weighted by atomic mass is 10.1. The van der Waals surface area contributed by atoms with Gasteiger partial charge < -0.3 is 0 Å². The quantitative estimate of drug-likeness (QED) is 0.611. The highest BCUT2D eigenvalue weighted by molar-refractivity contribution is 14.1. The summed E-state index contributed by atoms with van der Waals surface area (Å²) in [6.07, 6.45) is 2.62. The fourth-order valence-electron chi connectivity index (χ4n) is 2.06. The summed E-state index contributed by atoms with van der Waals surface area (Å²) >= 11 is 3.54. The van der Waals surface area contributed by atoms with Crippen molar-refractivity contribution in [3.8, 4) is 11.3 Å². The van der Waals surface area contributed by atoms with E-state index >= 15 is 0 Å². The van der Waals surface area contributed by atoms with Gasteiger partial charge in [0.15, 0.2) is 0 Å². The van der Waals surface area contributed by atoms with E-state index in [-0.39, 0.29) is 5.82 Å². The second kappa shape index (κ2) is 6.18. The van der Waals surface area contributed by atoms with Gasteiger partial charge in [0.25, 0.3) is 0 Å². The summed E-state index contributed by atoms with van der Waals surface area (Å²) in [7, 11) is 0. The Labute approximate surface area is 139 Å². The monoisotopic (exact) mass is 414 g/mol. The number of nitrogens with zero attached hydrogens (tertiary/aromatic N) is 4. The van der Waals surface area contributed by atoms with Crippen LogP contribution in [-0.2, 0) is 13.0 Å². The summed E-state index contributed by atoms with van der Waals surface area (Å²) in [6, 6.07) is 4.76. The fraction of sp³-hybridized carbons (Fsp3) is 0.214. The number of aromatic nitrogens is 4. The third-order valence-corrected chi connectivity index (χ3v) is 4.68. The van der Waals surface area contributed by atoms with E-state index in [4.69, 9.17) is 0 Å². The average molecular weight is 414 g/mol. The zero-order chi connectivity index (χ0) is 14.8. The minimum Gasteiger partial charge on any atom is -0.253 e. The van der Waals surface area contributed by atoms with Gasteiger partial charge in [0.05, 0.1) is 11.4 Å². The predicted molar refractivity (Wildman–Crippen MR) is 88.7 cm³/mol. The zero-order valence-corrected chi connectivity index (χ0v) is 14.2. The molecule has 2 aromatic heterocycles. The van der Waals surface area contributed by atoms with Crippen molar-refractivity contribution in [2.24, 2.45) is 0 Å². The molecule has 3 rings (SSSR count). The third-order valence-electron chi connectivity index (χ3n) is 3.11. The predicted octanol–water partition coefficient (Wildman–Crippen LogP) is 3.76. The van der Waals surface area contributed by atoms with Crippen LogP contribution < -0.4 is 0 Å². The molecule has 7 heteroatoms. The number of benzene rings is 1. The van der Waals surface area contributed by atoms with Gasteiger partial charge in [-0.15, -0.1) is 5.10 Å². The summed E-state index contributed by atoms with van der Waals surface area (Å²) in [6.45, 7) is 2.83. The lowest BCUT2D eigenvalue weighted by Crippen LogP contribution is -1.93. The first-order chi connectivity index (χ1) is 10.2. The molecule has 0 aliphatic rings. The van der Waals surface area contributed by atoms with Crippen LogP contribution in [0.4, 0.5) is 4.39 Å². The van der Waals surface area contributed by atoms with Crippen LogP contribution in [-0.4, -0.2) is 19.4 Å². The summed E-state index contributed by atoms with van der Waals surface area (Å²) in [5, 5.41) is 10.2. The molecule has 2 heterocycles. The highest BCUT2D eigenvalue weighted by Gasteiger charge is 2.14. The molecule has 0 saturated heterocycles. The van der Waals surface area contributed by atoms with Crippen molar-refractivity contribution in [1.29, 1.82) is 0 Å². The van der Waals surface area contributed by atoms with Crippen LogP contribution in [0.5, 0.6) is 0 Å². The van der Waals surface area contributed by atoms with E-state index in [0.29, 0.717) is 6.42 Å². The highest BCUT2D eigenvalue weighted by atomic mass is 127. The van der Waals surface area contributed by atoms with Crippen molar-refractivity contribution in [1.82, 2.24) is 19.4 Å². The number of hydrogen-bond acceptors (Lipinski definition) is 4. The molecule has 0 spiro atoms. The van der Waals surface area contributed by atoms with Crippen molar-refractivity contribution in [3.63, 3.8) is 0 Å². The van der Waals surface area contributed by atoms with Crippen LogP contribution in [0.3, 0.4) is 0 Å². The standard InChI is InChI=1S/C14H12FIN4S/c1-2-20-7-11(17-19-20)5-9-8-21-18-14(9)12-4-3-10(15)6-13(12)16/h3-4,6-8H,2,5H2,1H3.